The fraction of sp³-hybridized carbons (Fsp3) is 0.467. The molecule has 0 heterocycles. The van der Waals surface area contributed by atoms with Crippen molar-refractivity contribution >= 4 is 11.9 Å². The molecule has 1 rings (SSSR count). The Balaban J connectivity index is 2.31. The largest absolute Gasteiger partial charge is 0.335 e. The fourth-order valence-electron chi connectivity index (χ4n) is 1.64. The van der Waals surface area contributed by atoms with Crippen LogP contribution in [-0.2, 0) is 4.79 Å². The Hall–Kier alpha value is -1.88. The summed E-state index contributed by atoms with van der Waals surface area (Å²) >= 11 is 0. The Morgan fingerprint density at radius 3 is 2.40 bits per heavy atom. The van der Waals surface area contributed by atoms with Crippen LogP contribution >= 0.6 is 0 Å². The van der Waals surface area contributed by atoms with Crippen molar-refractivity contribution in [3.05, 3.63) is 35.9 Å². The molecule has 2 atom stereocenters. The average Bonchev–Trinajstić information content (AvgIpc) is 2.45. The molecule has 0 saturated carbocycles. The summed E-state index contributed by atoms with van der Waals surface area (Å²) in [6, 6.07) is 9.50. The van der Waals surface area contributed by atoms with Gasteiger partial charge in [-0.25, -0.2) is 4.79 Å². The van der Waals surface area contributed by atoms with E-state index >= 15 is 0 Å². The van der Waals surface area contributed by atoms with E-state index in [0.717, 1.165) is 12.0 Å². The number of hydrogen-bond acceptors (Lipinski definition) is 3. The standard InChI is InChI=1S/C15H23N3O2/c1-4-11(2)17-15(20)18-14(19)10-16-12(3)13-8-6-5-7-9-13/h5-9,11-12,16H,4,10H2,1-3H3,(H2,17,18,19,20)/t11-,12+/m1/s1. The van der Waals surface area contributed by atoms with E-state index in [2.05, 4.69) is 16.0 Å². The first kappa shape index (κ1) is 16.2. The molecule has 1 aromatic carbocycles. The molecule has 0 fully saturated rings. The number of imide groups is 1. The number of nitrogens with one attached hydrogen (secondary N) is 3. The maximum Gasteiger partial charge on any atom is 0.321 e. The van der Waals surface area contributed by atoms with Crippen molar-refractivity contribution in [3.8, 4) is 0 Å². The molecule has 3 amide bonds. The van der Waals surface area contributed by atoms with Gasteiger partial charge in [-0.3, -0.25) is 10.1 Å². The topological polar surface area (TPSA) is 70.2 Å². The minimum atomic E-state index is -0.446. The normalized spacial score (nSPS) is 13.3. The Bertz CT molecular complexity index is 434. The number of hydrogen-bond donors (Lipinski definition) is 3. The van der Waals surface area contributed by atoms with Gasteiger partial charge in [0.2, 0.25) is 5.91 Å². The molecule has 110 valence electrons. The van der Waals surface area contributed by atoms with Crippen molar-refractivity contribution in [2.45, 2.75) is 39.3 Å². The maximum absolute atomic E-state index is 11.6. The Labute approximate surface area is 120 Å². The van der Waals surface area contributed by atoms with Gasteiger partial charge >= 0.3 is 6.03 Å². The molecular weight excluding hydrogens is 254 g/mol. The van der Waals surface area contributed by atoms with E-state index in [4.69, 9.17) is 0 Å². The first-order valence-electron chi connectivity index (χ1n) is 6.91. The van der Waals surface area contributed by atoms with E-state index in [1.54, 1.807) is 0 Å². The summed E-state index contributed by atoms with van der Waals surface area (Å²) in [7, 11) is 0. The summed E-state index contributed by atoms with van der Waals surface area (Å²) in [6.45, 7) is 5.93. The van der Waals surface area contributed by atoms with E-state index in [-0.39, 0.29) is 24.5 Å². The number of amides is 3. The van der Waals surface area contributed by atoms with Crippen LogP contribution in [0, 0.1) is 0 Å². The van der Waals surface area contributed by atoms with E-state index < -0.39 is 6.03 Å². The van der Waals surface area contributed by atoms with Crippen LogP contribution in [0.15, 0.2) is 30.3 Å². The lowest BCUT2D eigenvalue weighted by Gasteiger charge is -2.15. The van der Waals surface area contributed by atoms with Gasteiger partial charge in [0.25, 0.3) is 0 Å². The molecule has 0 bridgehead atoms. The van der Waals surface area contributed by atoms with Crippen molar-refractivity contribution in [2.24, 2.45) is 0 Å². The third-order valence-electron chi connectivity index (χ3n) is 3.11. The molecule has 1 aromatic rings. The molecule has 5 nitrogen and oxygen atoms in total. The molecule has 0 aliphatic heterocycles. The van der Waals surface area contributed by atoms with Gasteiger partial charge in [-0.15, -0.1) is 0 Å². The molecular formula is C15H23N3O2. The van der Waals surface area contributed by atoms with Gasteiger partial charge in [-0.1, -0.05) is 37.3 Å². The first-order chi connectivity index (χ1) is 9.52. The number of carbonyl (C=O) groups is 2. The average molecular weight is 277 g/mol. The molecule has 0 unspecified atom stereocenters. The van der Waals surface area contributed by atoms with Crippen LogP contribution in [0.1, 0.15) is 38.8 Å². The second-order valence-corrected chi connectivity index (χ2v) is 4.84. The molecule has 0 aromatic heterocycles. The van der Waals surface area contributed by atoms with Crippen molar-refractivity contribution in [1.82, 2.24) is 16.0 Å². The highest BCUT2D eigenvalue weighted by Crippen LogP contribution is 2.10. The van der Waals surface area contributed by atoms with Gasteiger partial charge in [0, 0.05) is 12.1 Å². The third-order valence-corrected chi connectivity index (χ3v) is 3.11. The minimum absolute atomic E-state index is 0.0546. The Morgan fingerprint density at radius 2 is 1.80 bits per heavy atom. The summed E-state index contributed by atoms with van der Waals surface area (Å²) in [4.78, 5) is 23.1. The van der Waals surface area contributed by atoms with Crippen LogP contribution in [0.3, 0.4) is 0 Å². The second kappa shape index (κ2) is 8.32. The number of carbonyl (C=O) groups excluding carboxylic acids is 2. The van der Waals surface area contributed by atoms with E-state index in [9.17, 15) is 9.59 Å². The number of urea groups is 1. The smallest absolute Gasteiger partial charge is 0.321 e. The highest BCUT2D eigenvalue weighted by molar-refractivity contribution is 5.95. The Morgan fingerprint density at radius 1 is 1.15 bits per heavy atom. The molecule has 0 aliphatic rings. The van der Waals surface area contributed by atoms with Crippen LogP contribution in [0.5, 0.6) is 0 Å². The van der Waals surface area contributed by atoms with Crippen LogP contribution < -0.4 is 16.0 Å². The molecule has 0 saturated heterocycles. The van der Waals surface area contributed by atoms with Crippen LogP contribution in [-0.4, -0.2) is 24.5 Å². The van der Waals surface area contributed by atoms with E-state index in [1.807, 2.05) is 51.1 Å². The maximum atomic E-state index is 11.6. The summed E-state index contributed by atoms with van der Waals surface area (Å²) in [5, 5.41) is 8.06. The van der Waals surface area contributed by atoms with Gasteiger partial charge in [-0.05, 0) is 25.8 Å². The highest BCUT2D eigenvalue weighted by atomic mass is 16.2. The molecule has 5 heteroatoms. The zero-order chi connectivity index (χ0) is 15.0. The van der Waals surface area contributed by atoms with Crippen molar-refractivity contribution in [1.29, 1.82) is 0 Å². The van der Waals surface area contributed by atoms with Crippen molar-refractivity contribution in [3.63, 3.8) is 0 Å². The van der Waals surface area contributed by atoms with Gasteiger partial charge in [0.1, 0.15) is 0 Å². The molecule has 3 N–H and O–H groups in total. The van der Waals surface area contributed by atoms with Crippen LogP contribution in [0.2, 0.25) is 0 Å². The van der Waals surface area contributed by atoms with Crippen LogP contribution in [0.25, 0.3) is 0 Å². The summed E-state index contributed by atoms with van der Waals surface area (Å²) in [6.07, 6.45) is 0.824. The van der Waals surface area contributed by atoms with Gasteiger partial charge in [0.15, 0.2) is 0 Å². The Kier molecular flexibility index (Phi) is 6.73. The zero-order valence-electron chi connectivity index (χ0n) is 12.3. The second-order valence-electron chi connectivity index (χ2n) is 4.84. The van der Waals surface area contributed by atoms with E-state index in [1.165, 1.54) is 0 Å². The van der Waals surface area contributed by atoms with Gasteiger partial charge in [-0.2, -0.15) is 0 Å². The number of benzene rings is 1. The lowest BCUT2D eigenvalue weighted by molar-refractivity contribution is -0.119. The quantitative estimate of drug-likeness (QED) is 0.744. The monoisotopic (exact) mass is 277 g/mol. The van der Waals surface area contributed by atoms with Crippen molar-refractivity contribution < 1.29 is 9.59 Å². The lowest BCUT2D eigenvalue weighted by Crippen LogP contribution is -2.46. The SMILES string of the molecule is CC[C@@H](C)NC(=O)NC(=O)CN[C@@H](C)c1ccccc1. The summed E-state index contributed by atoms with van der Waals surface area (Å²) in [5.74, 6) is -0.339. The highest BCUT2D eigenvalue weighted by Gasteiger charge is 2.11. The summed E-state index contributed by atoms with van der Waals surface area (Å²) in [5.41, 5.74) is 1.10. The lowest BCUT2D eigenvalue weighted by atomic mass is 10.1. The zero-order valence-corrected chi connectivity index (χ0v) is 12.3. The van der Waals surface area contributed by atoms with Crippen molar-refractivity contribution in [2.75, 3.05) is 6.54 Å². The number of rotatable bonds is 6. The fourth-order valence-corrected chi connectivity index (χ4v) is 1.64. The van der Waals surface area contributed by atoms with Crippen LogP contribution in [0.4, 0.5) is 4.79 Å². The molecule has 20 heavy (non-hydrogen) atoms. The molecule has 0 aliphatic carbocycles. The molecule has 0 radical (unpaired) electrons. The first-order valence-corrected chi connectivity index (χ1v) is 6.91. The van der Waals surface area contributed by atoms with Gasteiger partial charge < -0.3 is 10.6 Å². The predicted molar refractivity (Wildman–Crippen MR) is 79.3 cm³/mol. The molecule has 0 spiro atoms. The van der Waals surface area contributed by atoms with E-state index in [0.29, 0.717) is 0 Å². The minimum Gasteiger partial charge on any atom is -0.335 e. The third kappa shape index (κ3) is 5.84. The predicted octanol–water partition coefficient (Wildman–Crippen LogP) is 1.96. The van der Waals surface area contributed by atoms with Gasteiger partial charge in [0.05, 0.1) is 6.54 Å². The summed E-state index contributed by atoms with van der Waals surface area (Å²) < 4.78 is 0.